The molecule has 0 unspecified atom stereocenters. The Morgan fingerprint density at radius 2 is 1.97 bits per heavy atom. The fourth-order valence-corrected chi connectivity index (χ4v) is 6.44. The first kappa shape index (κ1) is 21.1. The molecule has 168 valence electrons. The van der Waals surface area contributed by atoms with Gasteiger partial charge in [-0.1, -0.05) is 51.1 Å². The molecule has 2 bridgehead atoms. The molecule has 1 saturated heterocycles. The first-order chi connectivity index (χ1) is 15.2. The van der Waals surface area contributed by atoms with E-state index in [1.54, 1.807) is 0 Å². The van der Waals surface area contributed by atoms with Crippen molar-refractivity contribution in [2.45, 2.75) is 58.7 Å². The van der Waals surface area contributed by atoms with Gasteiger partial charge in [-0.05, 0) is 47.8 Å². The van der Waals surface area contributed by atoms with E-state index in [1.807, 2.05) is 54.7 Å². The van der Waals surface area contributed by atoms with Crippen LogP contribution in [0.15, 0.2) is 54.7 Å². The number of nitrogens with zero attached hydrogens (tertiary/aromatic N) is 1. The molecule has 3 atom stereocenters. The number of rotatable bonds is 6. The Kier molecular flexibility index (Phi) is 5.05. The molecule has 2 aliphatic rings. The SMILES string of the molecule is CC1(C)C[C@H]2C[C@](C)(CN2[C@H](C(=O)O)c2c[nH]c3cc(OCc4ccccc4)ccc23)C1. The number of aliphatic carboxylic acids is 1. The van der Waals surface area contributed by atoms with Crippen LogP contribution in [0.2, 0.25) is 0 Å². The number of hydrogen-bond acceptors (Lipinski definition) is 3. The lowest BCUT2D eigenvalue weighted by Crippen LogP contribution is -2.39. The minimum absolute atomic E-state index is 0.185. The molecule has 5 nitrogen and oxygen atoms in total. The highest BCUT2D eigenvalue weighted by atomic mass is 16.5. The molecule has 0 spiro atoms. The van der Waals surface area contributed by atoms with E-state index < -0.39 is 12.0 Å². The third-order valence-corrected chi connectivity index (χ3v) is 7.25. The van der Waals surface area contributed by atoms with Crippen LogP contribution < -0.4 is 4.74 Å². The highest BCUT2D eigenvalue weighted by Gasteiger charge is 2.52. The Bertz CT molecular complexity index is 1140. The number of aromatic nitrogens is 1. The van der Waals surface area contributed by atoms with Crippen LogP contribution in [0.5, 0.6) is 5.75 Å². The molecular weight excluding hydrogens is 400 g/mol. The number of carbonyl (C=O) groups is 1. The van der Waals surface area contributed by atoms with Crippen molar-refractivity contribution in [3.8, 4) is 5.75 Å². The predicted molar refractivity (Wildman–Crippen MR) is 126 cm³/mol. The Balaban J connectivity index is 1.42. The Morgan fingerprint density at radius 3 is 2.72 bits per heavy atom. The summed E-state index contributed by atoms with van der Waals surface area (Å²) in [5, 5.41) is 11.2. The summed E-state index contributed by atoms with van der Waals surface area (Å²) in [7, 11) is 0. The number of benzene rings is 2. The van der Waals surface area contributed by atoms with Crippen molar-refractivity contribution in [2.24, 2.45) is 10.8 Å². The van der Waals surface area contributed by atoms with E-state index >= 15 is 0 Å². The van der Waals surface area contributed by atoms with E-state index in [2.05, 4.69) is 30.7 Å². The van der Waals surface area contributed by atoms with Gasteiger partial charge in [0.15, 0.2) is 0 Å². The fourth-order valence-electron chi connectivity index (χ4n) is 6.44. The minimum Gasteiger partial charge on any atom is -0.489 e. The van der Waals surface area contributed by atoms with Gasteiger partial charge in [0.2, 0.25) is 0 Å². The second-order valence-electron chi connectivity index (χ2n) is 10.9. The summed E-state index contributed by atoms with van der Waals surface area (Å²) in [6.45, 7) is 8.30. The highest BCUT2D eigenvalue weighted by molar-refractivity contribution is 5.90. The summed E-state index contributed by atoms with van der Waals surface area (Å²) in [6.07, 6.45) is 5.15. The Morgan fingerprint density at radius 1 is 1.19 bits per heavy atom. The summed E-state index contributed by atoms with van der Waals surface area (Å²) in [4.78, 5) is 18.1. The molecule has 2 heterocycles. The van der Waals surface area contributed by atoms with Crippen LogP contribution in [0.4, 0.5) is 0 Å². The van der Waals surface area contributed by atoms with Gasteiger partial charge in [-0.25, -0.2) is 0 Å². The van der Waals surface area contributed by atoms with Crippen LogP contribution in [-0.2, 0) is 11.4 Å². The summed E-state index contributed by atoms with van der Waals surface area (Å²) >= 11 is 0. The third kappa shape index (κ3) is 3.90. The predicted octanol–water partition coefficient (Wildman–Crippen LogP) is 5.77. The number of nitrogens with one attached hydrogen (secondary N) is 1. The molecule has 1 aromatic heterocycles. The Hall–Kier alpha value is -2.79. The zero-order valence-corrected chi connectivity index (χ0v) is 19.1. The molecule has 1 saturated carbocycles. The molecule has 1 aliphatic heterocycles. The zero-order valence-electron chi connectivity index (χ0n) is 19.1. The maximum atomic E-state index is 12.5. The number of ether oxygens (including phenoxy) is 1. The van der Waals surface area contributed by atoms with Crippen LogP contribution in [0, 0.1) is 10.8 Å². The van der Waals surface area contributed by atoms with Gasteiger partial charge in [-0.3, -0.25) is 9.69 Å². The van der Waals surface area contributed by atoms with Crippen LogP contribution in [0.1, 0.15) is 57.2 Å². The molecule has 5 heteroatoms. The van der Waals surface area contributed by atoms with Crippen molar-refractivity contribution in [1.29, 1.82) is 0 Å². The molecule has 32 heavy (non-hydrogen) atoms. The van der Waals surface area contributed by atoms with Crippen molar-refractivity contribution in [2.75, 3.05) is 6.54 Å². The zero-order chi connectivity index (χ0) is 22.5. The number of likely N-dealkylation sites (tertiary alicyclic amines) is 1. The number of H-pyrrole nitrogens is 1. The van der Waals surface area contributed by atoms with Gasteiger partial charge in [-0.15, -0.1) is 0 Å². The second kappa shape index (κ2) is 7.66. The van der Waals surface area contributed by atoms with Gasteiger partial charge in [0, 0.05) is 41.3 Å². The summed E-state index contributed by atoms with van der Waals surface area (Å²) in [5.41, 5.74) is 3.30. The normalized spacial score (nSPS) is 25.7. The van der Waals surface area contributed by atoms with E-state index in [9.17, 15) is 9.90 Å². The smallest absolute Gasteiger partial charge is 0.325 e. The van der Waals surface area contributed by atoms with Crippen molar-refractivity contribution < 1.29 is 14.6 Å². The van der Waals surface area contributed by atoms with Gasteiger partial charge >= 0.3 is 5.97 Å². The van der Waals surface area contributed by atoms with Crippen molar-refractivity contribution >= 4 is 16.9 Å². The highest BCUT2D eigenvalue weighted by Crippen LogP contribution is 2.54. The molecule has 3 aromatic rings. The number of carboxylic acid groups (broad SMARTS) is 1. The lowest BCUT2D eigenvalue weighted by Gasteiger charge is -2.40. The van der Waals surface area contributed by atoms with E-state index in [1.165, 1.54) is 0 Å². The number of aromatic amines is 1. The quantitative estimate of drug-likeness (QED) is 0.519. The van der Waals surface area contributed by atoms with Gasteiger partial charge in [0.1, 0.15) is 18.4 Å². The lowest BCUT2D eigenvalue weighted by atomic mass is 9.65. The topological polar surface area (TPSA) is 65.6 Å². The van der Waals surface area contributed by atoms with E-state index in [0.717, 1.165) is 53.6 Å². The fraction of sp³-hybridized carbons (Fsp3) is 0.444. The largest absolute Gasteiger partial charge is 0.489 e. The van der Waals surface area contributed by atoms with Crippen molar-refractivity contribution in [3.63, 3.8) is 0 Å². The van der Waals surface area contributed by atoms with Crippen LogP contribution in [0.25, 0.3) is 10.9 Å². The van der Waals surface area contributed by atoms with Crippen molar-refractivity contribution in [3.05, 3.63) is 65.9 Å². The van der Waals surface area contributed by atoms with Gasteiger partial charge < -0.3 is 14.8 Å². The molecule has 2 aromatic carbocycles. The summed E-state index contributed by atoms with van der Waals surface area (Å²) in [6, 6.07) is 15.6. The Labute approximate surface area is 189 Å². The molecule has 5 rings (SSSR count). The number of carboxylic acids is 1. The molecular formula is C27H32N2O3. The van der Waals surface area contributed by atoms with Gasteiger partial charge in [0.05, 0.1) is 0 Å². The molecule has 1 aliphatic carbocycles. The minimum atomic E-state index is -0.774. The van der Waals surface area contributed by atoms with Crippen LogP contribution >= 0.6 is 0 Å². The first-order valence-corrected chi connectivity index (χ1v) is 11.5. The average molecular weight is 433 g/mol. The van der Waals surface area contributed by atoms with Crippen LogP contribution in [0.3, 0.4) is 0 Å². The standard InChI is InChI=1S/C27H32N2O3/c1-26(2)12-19-13-27(3,16-26)17-29(19)24(25(30)31)22-14-28-23-11-20(9-10-21(22)23)32-15-18-7-5-4-6-8-18/h4-11,14,19,24,28H,12-13,15-17H2,1-3H3,(H,30,31)/t19-,24-,27-/m0/s1. The lowest BCUT2D eigenvalue weighted by molar-refractivity contribution is -0.144. The monoisotopic (exact) mass is 432 g/mol. The van der Waals surface area contributed by atoms with Gasteiger partial charge in [0.25, 0.3) is 0 Å². The van der Waals surface area contributed by atoms with E-state index in [-0.39, 0.29) is 10.8 Å². The molecule has 0 radical (unpaired) electrons. The average Bonchev–Trinajstić information content (AvgIpc) is 3.24. The maximum Gasteiger partial charge on any atom is 0.325 e. The number of hydrogen-bond donors (Lipinski definition) is 2. The molecule has 2 fully saturated rings. The van der Waals surface area contributed by atoms with Crippen LogP contribution in [-0.4, -0.2) is 33.5 Å². The summed E-state index contributed by atoms with van der Waals surface area (Å²) < 4.78 is 5.96. The van der Waals surface area contributed by atoms with E-state index in [4.69, 9.17) is 4.74 Å². The van der Waals surface area contributed by atoms with Gasteiger partial charge in [-0.2, -0.15) is 0 Å². The molecule has 0 amide bonds. The number of fused-ring (bicyclic) bond motifs is 3. The molecule has 2 N–H and O–H groups in total. The maximum absolute atomic E-state index is 12.5. The summed E-state index contributed by atoms with van der Waals surface area (Å²) in [5.74, 6) is -0.00261. The van der Waals surface area contributed by atoms with E-state index in [0.29, 0.717) is 12.6 Å². The van der Waals surface area contributed by atoms with Crippen molar-refractivity contribution in [1.82, 2.24) is 9.88 Å². The third-order valence-electron chi connectivity index (χ3n) is 7.25. The second-order valence-corrected chi connectivity index (χ2v) is 10.9. The first-order valence-electron chi connectivity index (χ1n) is 11.5.